The second-order valence-electron chi connectivity index (χ2n) is 4.73. The number of carbonyl (C=O) groups excluding carboxylic acids is 1. The van der Waals surface area contributed by atoms with Crippen LogP contribution in [0, 0.1) is 0 Å². The van der Waals surface area contributed by atoms with Gasteiger partial charge in [0.25, 0.3) is 0 Å². The molecule has 0 aliphatic carbocycles. The van der Waals surface area contributed by atoms with Gasteiger partial charge in [-0.3, -0.25) is 0 Å². The molecule has 0 bridgehead atoms. The second kappa shape index (κ2) is 6.99. The Morgan fingerprint density at radius 1 is 1.42 bits per heavy atom. The summed E-state index contributed by atoms with van der Waals surface area (Å²) in [5.41, 5.74) is 0.735. The number of anilines is 1. The average molecular weight is 263 g/mol. The zero-order chi connectivity index (χ0) is 13.5. The monoisotopic (exact) mass is 263 g/mol. The Kier molecular flexibility index (Phi) is 5.03. The van der Waals surface area contributed by atoms with E-state index >= 15 is 0 Å². The molecule has 1 saturated heterocycles. The maximum absolute atomic E-state index is 11.9. The van der Waals surface area contributed by atoms with Crippen molar-refractivity contribution in [1.29, 1.82) is 0 Å². The second-order valence-corrected chi connectivity index (χ2v) is 4.73. The lowest BCUT2D eigenvalue weighted by Gasteiger charge is -2.17. The number of nitrogens with one attached hydrogen (secondary N) is 3. The van der Waals surface area contributed by atoms with E-state index in [1.54, 1.807) is 13.2 Å². The van der Waals surface area contributed by atoms with Gasteiger partial charge >= 0.3 is 6.03 Å². The van der Waals surface area contributed by atoms with Crippen molar-refractivity contribution in [2.45, 2.75) is 25.3 Å². The van der Waals surface area contributed by atoms with Gasteiger partial charge in [-0.05, 0) is 31.5 Å². The van der Waals surface area contributed by atoms with E-state index in [1.807, 2.05) is 18.2 Å². The highest BCUT2D eigenvalue weighted by molar-refractivity contribution is 5.89. The molecule has 0 saturated carbocycles. The van der Waals surface area contributed by atoms with Crippen LogP contribution in [-0.2, 0) is 0 Å². The van der Waals surface area contributed by atoms with Gasteiger partial charge in [-0.1, -0.05) is 12.5 Å². The van der Waals surface area contributed by atoms with E-state index in [2.05, 4.69) is 16.0 Å². The highest BCUT2D eigenvalue weighted by Gasteiger charge is 2.14. The lowest BCUT2D eigenvalue weighted by Crippen LogP contribution is -2.42. The van der Waals surface area contributed by atoms with Gasteiger partial charge in [0.2, 0.25) is 0 Å². The van der Waals surface area contributed by atoms with Crippen LogP contribution in [0.25, 0.3) is 0 Å². The number of benzene rings is 1. The maximum Gasteiger partial charge on any atom is 0.319 e. The average Bonchev–Trinajstić information content (AvgIpc) is 2.67. The first kappa shape index (κ1) is 13.7. The van der Waals surface area contributed by atoms with Gasteiger partial charge in [-0.2, -0.15) is 0 Å². The predicted octanol–water partition coefficient (Wildman–Crippen LogP) is 1.96. The van der Waals surface area contributed by atoms with Crippen LogP contribution in [0.15, 0.2) is 24.3 Å². The summed E-state index contributed by atoms with van der Waals surface area (Å²) in [4.78, 5) is 11.9. The van der Waals surface area contributed by atoms with Crippen LogP contribution in [0.2, 0.25) is 0 Å². The maximum atomic E-state index is 11.9. The lowest BCUT2D eigenvalue weighted by atomic mass is 10.1. The molecule has 1 fully saturated rings. The van der Waals surface area contributed by atoms with Crippen molar-refractivity contribution in [3.63, 3.8) is 0 Å². The minimum Gasteiger partial charge on any atom is -0.497 e. The predicted molar refractivity (Wildman–Crippen MR) is 75.7 cm³/mol. The number of rotatable bonds is 3. The molecule has 5 heteroatoms. The van der Waals surface area contributed by atoms with Crippen molar-refractivity contribution in [3.05, 3.63) is 24.3 Å². The SMILES string of the molecule is COc1cccc(NC(=O)NC2CCCCNC2)c1. The minimum absolute atomic E-state index is 0.165. The van der Waals surface area contributed by atoms with Crippen molar-refractivity contribution in [3.8, 4) is 5.75 Å². The van der Waals surface area contributed by atoms with Crippen molar-refractivity contribution < 1.29 is 9.53 Å². The highest BCUT2D eigenvalue weighted by atomic mass is 16.5. The molecule has 2 amide bonds. The van der Waals surface area contributed by atoms with Crippen LogP contribution < -0.4 is 20.7 Å². The molecule has 19 heavy (non-hydrogen) atoms. The zero-order valence-electron chi connectivity index (χ0n) is 11.2. The quantitative estimate of drug-likeness (QED) is 0.781. The Labute approximate surface area is 113 Å². The number of hydrogen-bond donors (Lipinski definition) is 3. The number of ether oxygens (including phenoxy) is 1. The Hall–Kier alpha value is -1.75. The molecule has 1 unspecified atom stereocenters. The summed E-state index contributed by atoms with van der Waals surface area (Å²) in [7, 11) is 1.61. The molecule has 0 radical (unpaired) electrons. The van der Waals surface area contributed by atoms with Crippen LogP contribution in [0.3, 0.4) is 0 Å². The Bertz CT molecular complexity index is 415. The standard InChI is InChI=1S/C14H21N3O2/c1-19-13-7-4-6-11(9-13)16-14(18)17-12-5-2-3-8-15-10-12/h4,6-7,9,12,15H,2-3,5,8,10H2,1H3,(H2,16,17,18). The number of carbonyl (C=O) groups is 1. The van der Waals surface area contributed by atoms with Crippen molar-refractivity contribution in [2.75, 3.05) is 25.5 Å². The Morgan fingerprint density at radius 2 is 2.32 bits per heavy atom. The Morgan fingerprint density at radius 3 is 3.16 bits per heavy atom. The van der Waals surface area contributed by atoms with E-state index in [0.29, 0.717) is 0 Å². The molecule has 1 aliphatic heterocycles. The van der Waals surface area contributed by atoms with Gasteiger partial charge in [-0.25, -0.2) is 4.79 Å². The van der Waals surface area contributed by atoms with E-state index in [-0.39, 0.29) is 12.1 Å². The fourth-order valence-electron chi connectivity index (χ4n) is 2.20. The van der Waals surface area contributed by atoms with Gasteiger partial charge in [0, 0.05) is 24.3 Å². The first-order chi connectivity index (χ1) is 9.28. The van der Waals surface area contributed by atoms with E-state index in [9.17, 15) is 4.79 Å². The lowest BCUT2D eigenvalue weighted by molar-refractivity contribution is 0.247. The molecule has 1 heterocycles. The summed E-state index contributed by atoms with van der Waals surface area (Å²) in [6, 6.07) is 7.37. The summed E-state index contributed by atoms with van der Waals surface area (Å²) in [5, 5.41) is 9.14. The topological polar surface area (TPSA) is 62.4 Å². The minimum atomic E-state index is -0.165. The number of hydrogen-bond acceptors (Lipinski definition) is 3. The molecular weight excluding hydrogens is 242 g/mol. The molecule has 1 aromatic rings. The summed E-state index contributed by atoms with van der Waals surface area (Å²) >= 11 is 0. The summed E-state index contributed by atoms with van der Waals surface area (Å²) in [6.45, 7) is 1.88. The van der Waals surface area contributed by atoms with E-state index < -0.39 is 0 Å². The molecule has 5 nitrogen and oxygen atoms in total. The smallest absolute Gasteiger partial charge is 0.319 e. The number of urea groups is 1. The molecule has 0 aromatic heterocycles. The van der Waals surface area contributed by atoms with Gasteiger partial charge in [0.05, 0.1) is 7.11 Å². The first-order valence-corrected chi connectivity index (χ1v) is 6.70. The molecule has 1 aromatic carbocycles. The van der Waals surface area contributed by atoms with Crippen molar-refractivity contribution in [2.24, 2.45) is 0 Å². The fraction of sp³-hybridized carbons (Fsp3) is 0.500. The van der Waals surface area contributed by atoms with Crippen molar-refractivity contribution >= 4 is 11.7 Å². The van der Waals surface area contributed by atoms with Crippen LogP contribution in [0.5, 0.6) is 5.75 Å². The summed E-state index contributed by atoms with van der Waals surface area (Å²) < 4.78 is 5.12. The number of amides is 2. The van der Waals surface area contributed by atoms with Gasteiger partial charge in [0.1, 0.15) is 5.75 Å². The fourth-order valence-corrected chi connectivity index (χ4v) is 2.20. The molecule has 1 aliphatic rings. The first-order valence-electron chi connectivity index (χ1n) is 6.70. The van der Waals surface area contributed by atoms with Gasteiger partial charge in [-0.15, -0.1) is 0 Å². The summed E-state index contributed by atoms with van der Waals surface area (Å²) in [6.07, 6.45) is 3.35. The molecule has 104 valence electrons. The third-order valence-corrected chi connectivity index (χ3v) is 3.21. The van der Waals surface area contributed by atoms with E-state index in [4.69, 9.17) is 4.74 Å². The zero-order valence-corrected chi connectivity index (χ0v) is 11.2. The van der Waals surface area contributed by atoms with Crippen LogP contribution in [0.1, 0.15) is 19.3 Å². The normalized spacial score (nSPS) is 19.3. The van der Waals surface area contributed by atoms with Crippen LogP contribution in [0.4, 0.5) is 10.5 Å². The third kappa shape index (κ3) is 4.44. The molecule has 0 spiro atoms. The van der Waals surface area contributed by atoms with Crippen LogP contribution in [-0.4, -0.2) is 32.3 Å². The molecule has 1 atom stereocenters. The Balaban J connectivity index is 1.85. The largest absolute Gasteiger partial charge is 0.497 e. The molecular formula is C14H21N3O2. The number of methoxy groups -OCH3 is 1. The molecule has 3 N–H and O–H groups in total. The van der Waals surface area contributed by atoms with Gasteiger partial charge in [0.15, 0.2) is 0 Å². The van der Waals surface area contributed by atoms with Crippen molar-refractivity contribution in [1.82, 2.24) is 10.6 Å². The van der Waals surface area contributed by atoms with E-state index in [1.165, 1.54) is 6.42 Å². The van der Waals surface area contributed by atoms with Crippen LogP contribution >= 0.6 is 0 Å². The van der Waals surface area contributed by atoms with E-state index in [0.717, 1.165) is 37.4 Å². The highest BCUT2D eigenvalue weighted by Crippen LogP contribution is 2.16. The van der Waals surface area contributed by atoms with Gasteiger partial charge < -0.3 is 20.7 Å². The third-order valence-electron chi connectivity index (χ3n) is 3.21. The molecule has 2 rings (SSSR count). The summed E-state index contributed by atoms with van der Waals surface area (Å²) in [5.74, 6) is 0.730.